The van der Waals surface area contributed by atoms with Crippen molar-refractivity contribution in [1.29, 1.82) is 0 Å². The molecule has 0 saturated carbocycles. The second kappa shape index (κ2) is 6.95. The van der Waals surface area contributed by atoms with E-state index in [0.29, 0.717) is 13.1 Å². The van der Waals surface area contributed by atoms with Crippen LogP contribution in [0, 0.1) is 6.92 Å². The van der Waals surface area contributed by atoms with Crippen LogP contribution in [0.15, 0.2) is 29.3 Å². The zero-order valence-corrected chi connectivity index (χ0v) is 13.9. The molecule has 0 aromatic carbocycles. The van der Waals surface area contributed by atoms with Gasteiger partial charge in [-0.1, -0.05) is 0 Å². The van der Waals surface area contributed by atoms with E-state index in [4.69, 9.17) is 0 Å². The van der Waals surface area contributed by atoms with Crippen molar-refractivity contribution >= 4 is 5.69 Å². The van der Waals surface area contributed by atoms with Gasteiger partial charge in [0.05, 0.1) is 30.7 Å². The van der Waals surface area contributed by atoms with Gasteiger partial charge in [-0.15, -0.1) is 0 Å². The van der Waals surface area contributed by atoms with Crippen molar-refractivity contribution in [3.05, 3.63) is 40.6 Å². The summed E-state index contributed by atoms with van der Waals surface area (Å²) < 4.78 is 3.34. The van der Waals surface area contributed by atoms with E-state index in [1.165, 1.54) is 4.68 Å². The average Bonchev–Trinajstić information content (AvgIpc) is 2.82. The van der Waals surface area contributed by atoms with Crippen LogP contribution in [-0.2, 0) is 13.1 Å². The lowest BCUT2D eigenvalue weighted by Crippen LogP contribution is -2.31. The molecule has 1 aliphatic heterocycles. The summed E-state index contributed by atoms with van der Waals surface area (Å²) in [6.45, 7) is 7.16. The van der Waals surface area contributed by atoms with Crippen molar-refractivity contribution in [2.24, 2.45) is 0 Å². The topological polar surface area (TPSA) is 59.2 Å². The summed E-state index contributed by atoms with van der Waals surface area (Å²) >= 11 is 0. The SMILES string of the molecule is Cc1ccn(CCn2ncc(N3CCCN(C)CC3)cc2=O)n1. The van der Waals surface area contributed by atoms with Crippen molar-refractivity contribution in [3.63, 3.8) is 0 Å². The molecule has 124 valence electrons. The molecule has 0 aliphatic carbocycles. The highest BCUT2D eigenvalue weighted by Gasteiger charge is 2.13. The van der Waals surface area contributed by atoms with Crippen molar-refractivity contribution in [1.82, 2.24) is 24.5 Å². The molecule has 0 unspecified atom stereocenters. The fourth-order valence-electron chi connectivity index (χ4n) is 2.85. The molecule has 23 heavy (non-hydrogen) atoms. The number of aryl methyl sites for hydroxylation is 3. The fraction of sp³-hybridized carbons (Fsp3) is 0.562. The minimum absolute atomic E-state index is 0.0519. The third-order valence-electron chi connectivity index (χ3n) is 4.25. The molecule has 2 aromatic rings. The van der Waals surface area contributed by atoms with E-state index in [9.17, 15) is 4.79 Å². The zero-order chi connectivity index (χ0) is 16.2. The lowest BCUT2D eigenvalue weighted by Gasteiger charge is -2.22. The number of rotatable bonds is 4. The Morgan fingerprint density at radius 1 is 1.17 bits per heavy atom. The largest absolute Gasteiger partial charge is 0.369 e. The lowest BCUT2D eigenvalue weighted by atomic mass is 10.3. The zero-order valence-electron chi connectivity index (χ0n) is 13.9. The smallest absolute Gasteiger partial charge is 0.268 e. The van der Waals surface area contributed by atoms with Gasteiger partial charge in [0.15, 0.2) is 0 Å². The number of hydrogen-bond acceptors (Lipinski definition) is 5. The molecule has 0 amide bonds. The molecular formula is C16H24N6O. The van der Waals surface area contributed by atoms with E-state index in [-0.39, 0.29) is 5.56 Å². The molecular weight excluding hydrogens is 292 g/mol. The van der Waals surface area contributed by atoms with Crippen LogP contribution in [0.3, 0.4) is 0 Å². The van der Waals surface area contributed by atoms with Gasteiger partial charge in [-0.2, -0.15) is 10.2 Å². The summed E-state index contributed by atoms with van der Waals surface area (Å²) in [7, 11) is 2.14. The van der Waals surface area contributed by atoms with Crippen molar-refractivity contribution in [2.45, 2.75) is 26.4 Å². The molecule has 0 N–H and O–H groups in total. The minimum atomic E-state index is -0.0519. The van der Waals surface area contributed by atoms with Crippen LogP contribution in [0.4, 0.5) is 5.69 Å². The molecule has 1 saturated heterocycles. The molecule has 0 bridgehead atoms. The first kappa shape index (κ1) is 15.7. The van der Waals surface area contributed by atoms with Gasteiger partial charge in [0, 0.05) is 31.9 Å². The summed E-state index contributed by atoms with van der Waals surface area (Å²) in [5, 5.41) is 8.66. The summed E-state index contributed by atoms with van der Waals surface area (Å²) in [6, 6.07) is 3.66. The molecule has 0 atom stereocenters. The first-order chi connectivity index (χ1) is 11.1. The third kappa shape index (κ3) is 3.98. The Balaban J connectivity index is 1.66. The highest BCUT2D eigenvalue weighted by atomic mass is 16.1. The molecule has 1 aliphatic rings. The maximum Gasteiger partial charge on any atom is 0.268 e. The Kier molecular flexibility index (Phi) is 4.76. The normalized spacial score (nSPS) is 16.5. The van der Waals surface area contributed by atoms with E-state index in [1.54, 1.807) is 12.3 Å². The first-order valence-electron chi connectivity index (χ1n) is 8.12. The summed E-state index contributed by atoms with van der Waals surface area (Å²) in [5.41, 5.74) is 1.85. The maximum absolute atomic E-state index is 12.3. The second-order valence-electron chi connectivity index (χ2n) is 6.14. The van der Waals surface area contributed by atoms with E-state index >= 15 is 0 Å². The van der Waals surface area contributed by atoms with Gasteiger partial charge in [0.2, 0.25) is 0 Å². The molecule has 1 fully saturated rings. The summed E-state index contributed by atoms with van der Waals surface area (Å²) in [5.74, 6) is 0. The molecule has 0 spiro atoms. The van der Waals surface area contributed by atoms with Crippen LogP contribution in [0.2, 0.25) is 0 Å². The predicted octanol–water partition coefficient (Wildman–Crippen LogP) is 0.590. The molecule has 3 heterocycles. The minimum Gasteiger partial charge on any atom is -0.369 e. The van der Waals surface area contributed by atoms with Gasteiger partial charge < -0.3 is 9.80 Å². The van der Waals surface area contributed by atoms with Crippen LogP contribution in [0.25, 0.3) is 0 Å². The average molecular weight is 316 g/mol. The summed E-state index contributed by atoms with van der Waals surface area (Å²) in [6.07, 6.45) is 4.84. The molecule has 7 heteroatoms. The van der Waals surface area contributed by atoms with Crippen LogP contribution < -0.4 is 10.5 Å². The van der Waals surface area contributed by atoms with Gasteiger partial charge in [-0.25, -0.2) is 4.68 Å². The van der Waals surface area contributed by atoms with Gasteiger partial charge in [-0.05, 0) is 33.0 Å². The standard InChI is InChI=1S/C16H24N6O/c1-14-4-7-21(18-14)10-11-22-16(23)12-15(13-17-22)20-6-3-5-19(2)8-9-20/h4,7,12-13H,3,5-6,8-11H2,1-2H3. The number of aromatic nitrogens is 4. The number of anilines is 1. The lowest BCUT2D eigenvalue weighted by molar-refractivity contribution is 0.360. The van der Waals surface area contributed by atoms with Crippen molar-refractivity contribution in [2.75, 3.05) is 38.1 Å². The first-order valence-corrected chi connectivity index (χ1v) is 8.12. The Bertz CT molecular complexity index is 707. The Labute approximate surface area is 136 Å². The molecule has 2 aromatic heterocycles. The van der Waals surface area contributed by atoms with Crippen molar-refractivity contribution < 1.29 is 0 Å². The van der Waals surface area contributed by atoms with Crippen LogP contribution in [-0.4, -0.2) is 57.7 Å². The predicted molar refractivity (Wildman–Crippen MR) is 89.8 cm³/mol. The highest BCUT2D eigenvalue weighted by molar-refractivity contribution is 5.43. The van der Waals surface area contributed by atoms with Crippen molar-refractivity contribution in [3.8, 4) is 0 Å². The van der Waals surface area contributed by atoms with Crippen LogP contribution >= 0.6 is 0 Å². The Morgan fingerprint density at radius 3 is 2.78 bits per heavy atom. The van der Waals surface area contributed by atoms with Gasteiger partial charge in [-0.3, -0.25) is 9.48 Å². The van der Waals surface area contributed by atoms with E-state index in [0.717, 1.165) is 44.0 Å². The quantitative estimate of drug-likeness (QED) is 0.826. The van der Waals surface area contributed by atoms with E-state index in [2.05, 4.69) is 27.0 Å². The van der Waals surface area contributed by atoms with E-state index < -0.39 is 0 Å². The Morgan fingerprint density at radius 2 is 2.04 bits per heavy atom. The molecule has 0 radical (unpaired) electrons. The molecule has 3 rings (SSSR count). The number of nitrogens with zero attached hydrogens (tertiary/aromatic N) is 6. The second-order valence-corrected chi connectivity index (χ2v) is 6.14. The van der Waals surface area contributed by atoms with E-state index in [1.807, 2.05) is 23.9 Å². The van der Waals surface area contributed by atoms with Gasteiger partial charge in [0.1, 0.15) is 0 Å². The van der Waals surface area contributed by atoms with Gasteiger partial charge in [0.25, 0.3) is 5.56 Å². The highest BCUT2D eigenvalue weighted by Crippen LogP contribution is 2.12. The fourth-order valence-corrected chi connectivity index (χ4v) is 2.85. The third-order valence-corrected chi connectivity index (χ3v) is 4.25. The number of likely N-dealkylation sites (N-methyl/N-ethyl adjacent to an activating group) is 1. The molecule has 7 nitrogen and oxygen atoms in total. The number of hydrogen-bond donors (Lipinski definition) is 0. The van der Waals surface area contributed by atoms with Crippen LogP contribution in [0.5, 0.6) is 0 Å². The summed E-state index contributed by atoms with van der Waals surface area (Å²) in [4.78, 5) is 16.9. The monoisotopic (exact) mass is 316 g/mol. The van der Waals surface area contributed by atoms with Crippen LogP contribution in [0.1, 0.15) is 12.1 Å². The Hall–Kier alpha value is -2.15. The van der Waals surface area contributed by atoms with Gasteiger partial charge >= 0.3 is 0 Å². The maximum atomic E-state index is 12.3.